The van der Waals surface area contributed by atoms with E-state index in [1.807, 2.05) is 23.5 Å². The van der Waals surface area contributed by atoms with E-state index in [0.29, 0.717) is 5.92 Å². The minimum atomic E-state index is 0.454. The van der Waals surface area contributed by atoms with Crippen LogP contribution in [0.5, 0.6) is 0 Å². The molecule has 0 aliphatic rings. The molecule has 2 N–H and O–H groups in total. The smallest absolute Gasteiger partial charge is 0.137 e. The van der Waals surface area contributed by atoms with Crippen molar-refractivity contribution in [2.75, 3.05) is 5.73 Å². The van der Waals surface area contributed by atoms with Crippen LogP contribution in [0.15, 0.2) is 18.3 Å². The van der Waals surface area contributed by atoms with Gasteiger partial charge in [-0.3, -0.25) is 0 Å². The molecule has 74 valence electrons. The molecule has 0 saturated carbocycles. The fourth-order valence-corrected chi connectivity index (χ4v) is 1.50. The van der Waals surface area contributed by atoms with Gasteiger partial charge in [0.1, 0.15) is 5.65 Å². The summed E-state index contributed by atoms with van der Waals surface area (Å²) in [5.41, 5.74) is 9.77. The Morgan fingerprint density at radius 1 is 1.36 bits per heavy atom. The third-order valence-corrected chi connectivity index (χ3v) is 2.53. The molecule has 0 atom stereocenters. The van der Waals surface area contributed by atoms with E-state index in [9.17, 15) is 0 Å². The van der Waals surface area contributed by atoms with Gasteiger partial charge in [-0.25, -0.2) is 4.98 Å². The van der Waals surface area contributed by atoms with Crippen LogP contribution in [-0.4, -0.2) is 9.38 Å². The summed E-state index contributed by atoms with van der Waals surface area (Å²) >= 11 is 0. The third kappa shape index (κ3) is 1.25. The van der Waals surface area contributed by atoms with E-state index in [2.05, 4.69) is 25.0 Å². The van der Waals surface area contributed by atoms with Gasteiger partial charge >= 0.3 is 0 Å². The number of imidazole rings is 1. The Labute approximate surface area is 83.6 Å². The largest absolute Gasteiger partial charge is 0.397 e. The van der Waals surface area contributed by atoms with Gasteiger partial charge in [-0.2, -0.15) is 0 Å². The third-order valence-electron chi connectivity index (χ3n) is 2.53. The summed E-state index contributed by atoms with van der Waals surface area (Å²) in [5, 5.41) is 0. The number of nitrogen functional groups attached to an aromatic ring is 1. The van der Waals surface area contributed by atoms with Crippen LogP contribution in [0.4, 0.5) is 5.69 Å². The minimum Gasteiger partial charge on any atom is -0.397 e. The summed E-state index contributed by atoms with van der Waals surface area (Å²) in [6.45, 7) is 6.29. The lowest BCUT2D eigenvalue weighted by Crippen LogP contribution is -1.96. The number of aryl methyl sites for hydroxylation is 1. The molecule has 2 heterocycles. The molecule has 14 heavy (non-hydrogen) atoms. The van der Waals surface area contributed by atoms with Crippen molar-refractivity contribution >= 4 is 11.3 Å². The number of nitrogens with two attached hydrogens (primary N) is 1. The summed E-state index contributed by atoms with van der Waals surface area (Å²) in [7, 11) is 0. The van der Waals surface area contributed by atoms with E-state index in [0.717, 1.165) is 22.7 Å². The molecular formula is C11H15N3. The second kappa shape index (κ2) is 3.01. The standard InChI is InChI=1S/C11H15N3/c1-7(2)10-6-14-8(3)9(12)4-5-11(14)13-10/h4-7H,12H2,1-3H3. The van der Waals surface area contributed by atoms with Crippen molar-refractivity contribution in [1.29, 1.82) is 0 Å². The number of fused-ring (bicyclic) bond motifs is 1. The predicted octanol–water partition coefficient (Wildman–Crippen LogP) is 2.35. The van der Waals surface area contributed by atoms with Crippen molar-refractivity contribution in [3.8, 4) is 0 Å². The second-order valence-corrected chi connectivity index (χ2v) is 3.92. The van der Waals surface area contributed by atoms with Crippen molar-refractivity contribution in [1.82, 2.24) is 9.38 Å². The van der Waals surface area contributed by atoms with Gasteiger partial charge in [-0.05, 0) is 25.0 Å². The molecule has 3 nitrogen and oxygen atoms in total. The van der Waals surface area contributed by atoms with Gasteiger partial charge in [0.2, 0.25) is 0 Å². The number of anilines is 1. The number of pyridine rings is 1. The molecule has 0 bridgehead atoms. The van der Waals surface area contributed by atoms with E-state index >= 15 is 0 Å². The molecular weight excluding hydrogens is 174 g/mol. The number of hydrogen-bond acceptors (Lipinski definition) is 2. The van der Waals surface area contributed by atoms with Crippen LogP contribution in [0, 0.1) is 6.92 Å². The average molecular weight is 189 g/mol. The summed E-state index contributed by atoms with van der Waals surface area (Å²) in [6.07, 6.45) is 2.06. The first-order valence-electron chi connectivity index (χ1n) is 4.83. The predicted molar refractivity (Wildman–Crippen MR) is 58.4 cm³/mol. The lowest BCUT2D eigenvalue weighted by molar-refractivity contribution is 0.833. The highest BCUT2D eigenvalue weighted by Gasteiger charge is 2.07. The number of nitrogens with zero attached hydrogens (tertiary/aromatic N) is 2. The van der Waals surface area contributed by atoms with Gasteiger partial charge in [-0.15, -0.1) is 0 Å². The maximum absolute atomic E-state index is 5.82. The van der Waals surface area contributed by atoms with Crippen molar-refractivity contribution in [2.45, 2.75) is 26.7 Å². The van der Waals surface area contributed by atoms with Crippen molar-refractivity contribution < 1.29 is 0 Å². The zero-order chi connectivity index (χ0) is 10.3. The Balaban J connectivity index is 2.71. The number of aromatic nitrogens is 2. The van der Waals surface area contributed by atoms with Crippen LogP contribution < -0.4 is 5.73 Å². The summed E-state index contributed by atoms with van der Waals surface area (Å²) in [4.78, 5) is 4.52. The Kier molecular flexibility index (Phi) is 1.95. The summed E-state index contributed by atoms with van der Waals surface area (Å²) in [5.74, 6) is 0.454. The van der Waals surface area contributed by atoms with Gasteiger partial charge in [-0.1, -0.05) is 13.8 Å². The monoisotopic (exact) mass is 189 g/mol. The van der Waals surface area contributed by atoms with Crippen molar-refractivity contribution in [2.24, 2.45) is 0 Å². The minimum absolute atomic E-state index is 0.454. The quantitative estimate of drug-likeness (QED) is 0.748. The van der Waals surface area contributed by atoms with E-state index in [4.69, 9.17) is 5.73 Å². The van der Waals surface area contributed by atoms with E-state index in [1.54, 1.807) is 0 Å². The van der Waals surface area contributed by atoms with Crippen LogP contribution in [0.25, 0.3) is 5.65 Å². The second-order valence-electron chi connectivity index (χ2n) is 3.92. The van der Waals surface area contributed by atoms with Gasteiger partial charge < -0.3 is 10.1 Å². The normalized spacial score (nSPS) is 11.4. The average Bonchev–Trinajstić information content (AvgIpc) is 2.56. The number of rotatable bonds is 1. The highest BCUT2D eigenvalue weighted by Crippen LogP contribution is 2.18. The first kappa shape index (κ1) is 9.06. The highest BCUT2D eigenvalue weighted by atomic mass is 15.0. The maximum atomic E-state index is 5.82. The fraction of sp³-hybridized carbons (Fsp3) is 0.364. The number of hydrogen-bond donors (Lipinski definition) is 1. The van der Waals surface area contributed by atoms with Crippen molar-refractivity contribution in [3.63, 3.8) is 0 Å². The lowest BCUT2D eigenvalue weighted by atomic mass is 10.2. The molecule has 2 aromatic rings. The SMILES string of the molecule is Cc1c(N)ccc2nc(C(C)C)cn12. The summed E-state index contributed by atoms with van der Waals surface area (Å²) in [6, 6.07) is 3.86. The fourth-order valence-electron chi connectivity index (χ4n) is 1.50. The zero-order valence-electron chi connectivity index (χ0n) is 8.78. The molecule has 0 fully saturated rings. The van der Waals surface area contributed by atoms with Crippen LogP contribution in [0.2, 0.25) is 0 Å². The summed E-state index contributed by atoms with van der Waals surface area (Å²) < 4.78 is 2.05. The molecule has 0 spiro atoms. The molecule has 0 amide bonds. The van der Waals surface area contributed by atoms with E-state index < -0.39 is 0 Å². The molecule has 0 unspecified atom stereocenters. The maximum Gasteiger partial charge on any atom is 0.137 e. The van der Waals surface area contributed by atoms with Crippen LogP contribution in [-0.2, 0) is 0 Å². The van der Waals surface area contributed by atoms with E-state index in [-0.39, 0.29) is 0 Å². The Morgan fingerprint density at radius 3 is 2.71 bits per heavy atom. The Morgan fingerprint density at radius 2 is 2.07 bits per heavy atom. The molecule has 0 saturated heterocycles. The highest BCUT2D eigenvalue weighted by molar-refractivity contribution is 5.53. The first-order valence-corrected chi connectivity index (χ1v) is 4.83. The van der Waals surface area contributed by atoms with Gasteiger partial charge in [0.05, 0.1) is 11.4 Å². The van der Waals surface area contributed by atoms with Crippen LogP contribution in [0.3, 0.4) is 0 Å². The first-order chi connectivity index (χ1) is 6.59. The van der Waals surface area contributed by atoms with Gasteiger partial charge in [0.25, 0.3) is 0 Å². The van der Waals surface area contributed by atoms with Crippen LogP contribution >= 0.6 is 0 Å². The topological polar surface area (TPSA) is 43.3 Å². The van der Waals surface area contributed by atoms with Gasteiger partial charge in [0, 0.05) is 11.9 Å². The molecule has 3 heteroatoms. The van der Waals surface area contributed by atoms with Crippen LogP contribution in [0.1, 0.15) is 31.2 Å². The molecule has 0 aromatic carbocycles. The molecule has 2 rings (SSSR count). The van der Waals surface area contributed by atoms with Gasteiger partial charge in [0.15, 0.2) is 0 Å². The van der Waals surface area contributed by atoms with Crippen molar-refractivity contribution in [3.05, 3.63) is 29.7 Å². The molecule has 2 aromatic heterocycles. The Hall–Kier alpha value is -1.51. The molecule has 0 aliphatic heterocycles. The molecule has 0 aliphatic carbocycles. The Bertz CT molecular complexity index is 469. The molecule has 0 radical (unpaired) electrons. The van der Waals surface area contributed by atoms with E-state index in [1.165, 1.54) is 0 Å². The lowest BCUT2D eigenvalue weighted by Gasteiger charge is -2.01. The zero-order valence-corrected chi connectivity index (χ0v) is 8.78.